The number of nitrogens with zero attached hydrogens (tertiary/aromatic N) is 2. The van der Waals surface area contributed by atoms with Gasteiger partial charge in [0.1, 0.15) is 24.8 Å². The smallest absolute Gasteiger partial charge is 0.319 e. The van der Waals surface area contributed by atoms with Crippen molar-refractivity contribution in [3.8, 4) is 11.5 Å². The highest BCUT2D eigenvalue weighted by atomic mass is 35.5. The van der Waals surface area contributed by atoms with Crippen LogP contribution in [0.3, 0.4) is 0 Å². The Bertz CT molecular complexity index is 1150. The summed E-state index contributed by atoms with van der Waals surface area (Å²) in [7, 11) is -1.24. The van der Waals surface area contributed by atoms with E-state index in [2.05, 4.69) is 35.3 Å². The summed E-state index contributed by atoms with van der Waals surface area (Å²) in [6.45, 7) is 6.60. The van der Waals surface area contributed by atoms with E-state index in [1.54, 1.807) is 10.8 Å². The van der Waals surface area contributed by atoms with Crippen LogP contribution in [0.25, 0.3) is 11.0 Å². The third-order valence-electron chi connectivity index (χ3n) is 4.75. The lowest BCUT2D eigenvalue weighted by atomic mass is 10.2. The number of alkyl halides is 1. The summed E-state index contributed by atoms with van der Waals surface area (Å²) in [6.07, 6.45) is 3.06. The minimum Gasteiger partial charge on any atom is -0.450 e. The maximum Gasteiger partial charge on any atom is 0.319 e. The number of carbonyl (C=O) groups is 1. The van der Waals surface area contributed by atoms with E-state index in [-0.39, 0.29) is 29.7 Å². The van der Waals surface area contributed by atoms with Gasteiger partial charge in [0.05, 0.1) is 10.4 Å². The summed E-state index contributed by atoms with van der Waals surface area (Å²) in [5.74, 6) is -2.65. The molecule has 0 atom stereocenters. The van der Waals surface area contributed by atoms with Crippen LogP contribution >= 0.6 is 11.6 Å². The van der Waals surface area contributed by atoms with Crippen LogP contribution in [0.15, 0.2) is 30.6 Å². The van der Waals surface area contributed by atoms with Gasteiger partial charge in [0, 0.05) is 51.4 Å². The van der Waals surface area contributed by atoms with E-state index in [1.165, 1.54) is 12.3 Å². The molecule has 0 bridgehead atoms. The zero-order chi connectivity index (χ0) is 24.9. The highest BCUT2D eigenvalue weighted by Gasteiger charge is 2.19. The molecule has 0 aliphatic carbocycles. The number of benzene rings is 1. The Kier molecular flexibility index (Phi) is 8.45. The van der Waals surface area contributed by atoms with Gasteiger partial charge < -0.3 is 24.7 Å². The maximum absolute atomic E-state index is 14.6. The van der Waals surface area contributed by atoms with Crippen molar-refractivity contribution in [3.05, 3.63) is 47.2 Å². The number of fused-ring (bicyclic) bond motifs is 1. The first-order chi connectivity index (χ1) is 16.1. The summed E-state index contributed by atoms with van der Waals surface area (Å²) in [5, 5.41) is 5.09. The van der Waals surface area contributed by atoms with Crippen LogP contribution in [0.5, 0.6) is 11.5 Å². The van der Waals surface area contributed by atoms with E-state index in [9.17, 15) is 18.0 Å². The quantitative estimate of drug-likeness (QED) is 0.251. The van der Waals surface area contributed by atoms with Crippen molar-refractivity contribution >= 4 is 42.4 Å². The van der Waals surface area contributed by atoms with Crippen LogP contribution in [-0.4, -0.2) is 43.5 Å². The van der Waals surface area contributed by atoms with Gasteiger partial charge in [-0.15, -0.1) is 0 Å². The van der Waals surface area contributed by atoms with E-state index in [0.29, 0.717) is 17.6 Å². The molecule has 0 saturated heterocycles. The van der Waals surface area contributed by atoms with Crippen molar-refractivity contribution in [3.63, 3.8) is 0 Å². The first-order valence-electron chi connectivity index (χ1n) is 10.6. The van der Waals surface area contributed by atoms with Gasteiger partial charge in [0.2, 0.25) is 0 Å². The van der Waals surface area contributed by atoms with Gasteiger partial charge in [-0.05, 0) is 12.1 Å². The van der Waals surface area contributed by atoms with Crippen LogP contribution < -0.4 is 15.4 Å². The molecule has 2 heterocycles. The average Bonchev–Trinajstić information content (AvgIpc) is 3.08. The number of nitrogens with one attached hydrogen (secondary N) is 2. The normalized spacial score (nSPS) is 11.6. The predicted octanol–water partition coefficient (Wildman–Crippen LogP) is 6.16. The predicted molar refractivity (Wildman–Crippen MR) is 128 cm³/mol. The van der Waals surface area contributed by atoms with Gasteiger partial charge >= 0.3 is 6.03 Å². The summed E-state index contributed by atoms with van der Waals surface area (Å²) in [4.78, 5) is 15.9. The van der Waals surface area contributed by atoms with E-state index in [4.69, 9.17) is 21.1 Å². The summed E-state index contributed by atoms with van der Waals surface area (Å²) in [6, 6.07) is 3.44. The minimum atomic E-state index is -1.24. The highest BCUT2D eigenvalue weighted by Crippen LogP contribution is 2.37. The molecule has 3 rings (SSSR count). The third-order valence-corrected chi connectivity index (χ3v) is 6.74. The van der Waals surface area contributed by atoms with E-state index in [0.717, 1.165) is 18.2 Å². The van der Waals surface area contributed by atoms with E-state index in [1.807, 2.05) is 0 Å². The molecule has 184 valence electrons. The van der Waals surface area contributed by atoms with Crippen molar-refractivity contribution in [2.45, 2.75) is 32.4 Å². The van der Waals surface area contributed by atoms with Crippen LogP contribution in [-0.2, 0) is 11.5 Å². The molecule has 0 radical (unpaired) electrons. The number of hydrogen-bond donors (Lipinski definition) is 2. The van der Waals surface area contributed by atoms with Gasteiger partial charge in [-0.3, -0.25) is 0 Å². The second kappa shape index (κ2) is 11.1. The Morgan fingerprint density at radius 3 is 2.59 bits per heavy atom. The number of carbonyl (C=O) groups excluding carboxylic acids is 1. The Labute approximate surface area is 201 Å². The van der Waals surface area contributed by atoms with Crippen LogP contribution in [0.1, 0.15) is 0 Å². The van der Waals surface area contributed by atoms with Crippen LogP contribution in [0.2, 0.25) is 30.7 Å². The second-order valence-corrected chi connectivity index (χ2v) is 14.8. The van der Waals surface area contributed by atoms with Crippen molar-refractivity contribution in [1.29, 1.82) is 0 Å². The van der Waals surface area contributed by atoms with Gasteiger partial charge in [0.15, 0.2) is 17.4 Å². The number of hydrogen-bond acceptors (Lipinski definition) is 4. The first-order valence-corrected chi connectivity index (χ1v) is 14.7. The number of rotatable bonds is 10. The molecule has 0 fully saturated rings. The lowest BCUT2D eigenvalue weighted by molar-refractivity contribution is 0.0899. The Morgan fingerprint density at radius 2 is 1.94 bits per heavy atom. The van der Waals surface area contributed by atoms with Crippen molar-refractivity contribution in [2.24, 2.45) is 0 Å². The third kappa shape index (κ3) is 6.64. The average molecular weight is 515 g/mol. The first kappa shape index (κ1) is 25.9. The Morgan fingerprint density at radius 1 is 1.24 bits per heavy atom. The molecule has 0 aliphatic rings. The molecule has 7 nitrogen and oxygen atoms in total. The van der Waals surface area contributed by atoms with Gasteiger partial charge in [-0.25, -0.2) is 22.9 Å². The molecule has 1 aromatic carbocycles. The molecule has 34 heavy (non-hydrogen) atoms. The van der Waals surface area contributed by atoms with Gasteiger partial charge in [-0.2, -0.15) is 0 Å². The zero-order valence-electron chi connectivity index (χ0n) is 19.1. The largest absolute Gasteiger partial charge is 0.450 e. The molecule has 2 N–H and O–H groups in total. The molecule has 0 spiro atoms. The SMILES string of the molecule is C[Si](C)(C)CCOCn1cc(Cl)c2c(Oc3c(F)cc(NC(=O)NCCF)cc3F)ccnc21. The molecule has 0 saturated carbocycles. The summed E-state index contributed by atoms with van der Waals surface area (Å²) >= 11 is 6.38. The van der Waals surface area contributed by atoms with E-state index >= 15 is 0 Å². The molecule has 2 amide bonds. The number of pyridine rings is 1. The minimum absolute atomic E-state index is 0.107. The topological polar surface area (TPSA) is 77.4 Å². The summed E-state index contributed by atoms with van der Waals surface area (Å²) in [5.41, 5.74) is 0.289. The number of urea groups is 1. The molecular weight excluding hydrogens is 489 g/mol. The van der Waals surface area contributed by atoms with Crippen LogP contribution in [0.4, 0.5) is 23.7 Å². The molecule has 2 aromatic heterocycles. The lowest BCUT2D eigenvalue weighted by Crippen LogP contribution is -2.30. The molecule has 0 aliphatic heterocycles. The van der Waals surface area contributed by atoms with Crippen molar-refractivity contribution < 1.29 is 27.4 Å². The molecule has 12 heteroatoms. The fourth-order valence-corrected chi connectivity index (χ4v) is 4.09. The fraction of sp³-hybridized carbons (Fsp3) is 0.364. The highest BCUT2D eigenvalue weighted by molar-refractivity contribution is 6.76. The maximum atomic E-state index is 14.6. The second-order valence-electron chi connectivity index (χ2n) is 8.74. The monoisotopic (exact) mass is 514 g/mol. The number of anilines is 1. The van der Waals surface area contributed by atoms with Crippen molar-refractivity contribution in [2.75, 3.05) is 25.1 Å². The van der Waals surface area contributed by atoms with Crippen LogP contribution in [0, 0.1) is 11.6 Å². The number of aromatic nitrogens is 2. The standard InChI is InChI=1S/C22H26ClF3N4O3Si/c1-34(2,3)9-8-32-13-30-12-15(23)19-18(4-6-27-21(19)30)33-20-16(25)10-14(11-17(20)26)29-22(31)28-7-5-24/h4,6,10-12H,5,7-9,13H2,1-3H3,(H2,28,29,31). The number of halogens is 4. The fourth-order valence-electron chi connectivity index (χ4n) is 3.04. The molecule has 3 aromatic rings. The van der Waals surface area contributed by atoms with Gasteiger partial charge in [-0.1, -0.05) is 31.2 Å². The van der Waals surface area contributed by atoms with E-state index < -0.39 is 38.2 Å². The summed E-state index contributed by atoms with van der Waals surface area (Å²) < 4.78 is 54.4. The lowest BCUT2D eigenvalue weighted by Gasteiger charge is -2.15. The Balaban J connectivity index is 1.80. The number of amides is 2. The molecular formula is C22H26ClF3N4O3Si. The number of ether oxygens (including phenoxy) is 2. The van der Waals surface area contributed by atoms with Gasteiger partial charge in [0.25, 0.3) is 0 Å². The zero-order valence-corrected chi connectivity index (χ0v) is 20.8. The van der Waals surface area contributed by atoms with Crippen molar-refractivity contribution in [1.82, 2.24) is 14.9 Å². The Hall–Kier alpha value is -2.76. The molecule has 0 unspecified atom stereocenters.